The maximum Gasteiger partial charge on any atom is 0.147 e. The first kappa shape index (κ1) is 9.49. The Morgan fingerprint density at radius 3 is 2.67 bits per heavy atom. The van der Waals surface area contributed by atoms with Crippen molar-refractivity contribution in [3.63, 3.8) is 0 Å². The molecule has 0 amide bonds. The highest BCUT2D eigenvalue weighted by Crippen LogP contribution is 2.21. The van der Waals surface area contributed by atoms with Gasteiger partial charge < -0.3 is 5.11 Å². The van der Waals surface area contributed by atoms with Gasteiger partial charge in [-0.05, 0) is 18.1 Å². The van der Waals surface area contributed by atoms with Crippen molar-refractivity contribution in [1.29, 1.82) is 0 Å². The number of benzene rings is 1. The molecular weight excluding hydrogens is 179 g/mol. The summed E-state index contributed by atoms with van der Waals surface area (Å²) in [5.74, 6) is -0.517. The number of aryl methyl sites for hydroxylation is 1. The van der Waals surface area contributed by atoms with Crippen LogP contribution >= 0.6 is 11.6 Å². The summed E-state index contributed by atoms with van der Waals surface area (Å²) in [7, 11) is 0. The van der Waals surface area contributed by atoms with Gasteiger partial charge in [0.2, 0.25) is 0 Å². The highest BCUT2D eigenvalue weighted by atomic mass is 35.5. The Labute approximate surface area is 75.8 Å². The Morgan fingerprint density at radius 2 is 2.17 bits per heavy atom. The van der Waals surface area contributed by atoms with Crippen LogP contribution in [0.3, 0.4) is 0 Å². The van der Waals surface area contributed by atoms with Gasteiger partial charge in [-0.3, -0.25) is 0 Å². The highest BCUT2D eigenvalue weighted by molar-refractivity contribution is 6.30. The van der Waals surface area contributed by atoms with E-state index in [4.69, 9.17) is 16.7 Å². The van der Waals surface area contributed by atoms with Gasteiger partial charge in [0.05, 0.1) is 11.6 Å². The Balaban J connectivity index is 3.19. The zero-order valence-electron chi connectivity index (χ0n) is 6.77. The van der Waals surface area contributed by atoms with E-state index in [9.17, 15) is 4.39 Å². The third-order valence-corrected chi connectivity index (χ3v) is 2.02. The fourth-order valence-corrected chi connectivity index (χ4v) is 1.29. The van der Waals surface area contributed by atoms with Crippen LogP contribution in [0.15, 0.2) is 12.1 Å². The second-order valence-electron chi connectivity index (χ2n) is 2.56. The van der Waals surface area contributed by atoms with Gasteiger partial charge in [0.15, 0.2) is 0 Å². The van der Waals surface area contributed by atoms with E-state index in [0.717, 1.165) is 12.0 Å². The lowest BCUT2D eigenvalue weighted by Gasteiger charge is -2.04. The molecule has 0 unspecified atom stereocenters. The van der Waals surface area contributed by atoms with E-state index in [2.05, 4.69) is 0 Å². The van der Waals surface area contributed by atoms with E-state index in [-0.39, 0.29) is 17.2 Å². The molecule has 1 aromatic rings. The first-order valence-corrected chi connectivity index (χ1v) is 4.14. The fourth-order valence-electron chi connectivity index (χ4n) is 1.03. The van der Waals surface area contributed by atoms with Crippen molar-refractivity contribution in [2.75, 3.05) is 0 Å². The van der Waals surface area contributed by atoms with Crippen molar-refractivity contribution >= 4 is 11.6 Å². The van der Waals surface area contributed by atoms with Crippen molar-refractivity contribution in [1.82, 2.24) is 0 Å². The Kier molecular flexibility index (Phi) is 3.06. The quantitative estimate of drug-likeness (QED) is 0.756. The standard InChI is InChI=1S/C9H10ClFO/c1-2-6-3-7(5-12)9(11)8(10)4-6/h3-4,12H,2,5H2,1H3. The minimum absolute atomic E-state index is 0.0819. The first-order valence-electron chi connectivity index (χ1n) is 3.76. The van der Waals surface area contributed by atoms with Crippen molar-refractivity contribution in [3.8, 4) is 0 Å². The van der Waals surface area contributed by atoms with Crippen molar-refractivity contribution in [2.45, 2.75) is 20.0 Å². The van der Waals surface area contributed by atoms with Crippen LogP contribution in [0.4, 0.5) is 4.39 Å². The second-order valence-corrected chi connectivity index (χ2v) is 2.97. The van der Waals surface area contributed by atoms with Crippen LogP contribution in [0.25, 0.3) is 0 Å². The summed E-state index contributed by atoms with van der Waals surface area (Å²) in [6.07, 6.45) is 0.785. The molecule has 1 aromatic carbocycles. The molecule has 0 aromatic heterocycles. The lowest BCUT2D eigenvalue weighted by Crippen LogP contribution is -1.93. The van der Waals surface area contributed by atoms with Crippen LogP contribution in [-0.4, -0.2) is 5.11 Å². The number of halogens is 2. The number of rotatable bonds is 2. The first-order chi connectivity index (χ1) is 5.69. The molecule has 0 bridgehead atoms. The molecule has 0 aliphatic heterocycles. The Morgan fingerprint density at radius 1 is 1.50 bits per heavy atom. The maximum absolute atomic E-state index is 13.0. The molecule has 0 saturated carbocycles. The summed E-state index contributed by atoms with van der Waals surface area (Å²) in [5, 5.41) is 8.85. The predicted octanol–water partition coefficient (Wildman–Crippen LogP) is 2.53. The third kappa shape index (κ3) is 1.76. The lowest BCUT2D eigenvalue weighted by molar-refractivity contribution is 0.275. The predicted molar refractivity (Wildman–Crippen MR) is 46.7 cm³/mol. The molecule has 0 spiro atoms. The molecular formula is C9H10ClFO. The van der Waals surface area contributed by atoms with E-state index in [1.807, 2.05) is 6.92 Å². The lowest BCUT2D eigenvalue weighted by atomic mass is 10.1. The summed E-state index contributed by atoms with van der Waals surface area (Å²) in [6, 6.07) is 3.21. The van der Waals surface area contributed by atoms with Crippen LogP contribution in [0, 0.1) is 5.82 Å². The van der Waals surface area contributed by atoms with Gasteiger partial charge in [0.25, 0.3) is 0 Å². The van der Waals surface area contributed by atoms with Gasteiger partial charge in [-0.1, -0.05) is 24.6 Å². The van der Waals surface area contributed by atoms with Crippen LogP contribution in [0.5, 0.6) is 0 Å². The van der Waals surface area contributed by atoms with Crippen LogP contribution in [0.2, 0.25) is 5.02 Å². The van der Waals surface area contributed by atoms with Crippen LogP contribution < -0.4 is 0 Å². The smallest absolute Gasteiger partial charge is 0.147 e. The van der Waals surface area contributed by atoms with Crippen molar-refractivity contribution in [2.24, 2.45) is 0 Å². The summed E-state index contributed by atoms with van der Waals surface area (Å²) in [5.41, 5.74) is 1.20. The fraction of sp³-hybridized carbons (Fsp3) is 0.333. The zero-order chi connectivity index (χ0) is 9.14. The van der Waals surface area contributed by atoms with Gasteiger partial charge in [0.1, 0.15) is 5.82 Å². The molecule has 1 rings (SSSR count). The molecule has 0 fully saturated rings. The molecule has 0 heterocycles. The minimum atomic E-state index is -0.517. The van der Waals surface area contributed by atoms with Gasteiger partial charge >= 0.3 is 0 Å². The van der Waals surface area contributed by atoms with E-state index in [0.29, 0.717) is 0 Å². The monoisotopic (exact) mass is 188 g/mol. The molecule has 0 saturated heterocycles. The van der Waals surface area contributed by atoms with Crippen molar-refractivity contribution < 1.29 is 9.50 Å². The number of aliphatic hydroxyl groups excluding tert-OH is 1. The third-order valence-electron chi connectivity index (χ3n) is 1.74. The Hall–Kier alpha value is -0.600. The summed E-state index contributed by atoms with van der Waals surface area (Å²) >= 11 is 5.59. The molecule has 1 nitrogen and oxygen atoms in total. The topological polar surface area (TPSA) is 20.2 Å². The molecule has 12 heavy (non-hydrogen) atoms. The minimum Gasteiger partial charge on any atom is -0.392 e. The van der Waals surface area contributed by atoms with Gasteiger partial charge in [-0.2, -0.15) is 0 Å². The van der Waals surface area contributed by atoms with Crippen LogP contribution in [0.1, 0.15) is 18.1 Å². The van der Waals surface area contributed by atoms with E-state index < -0.39 is 5.82 Å². The summed E-state index contributed by atoms with van der Waals surface area (Å²) in [6.45, 7) is 1.64. The number of hydrogen-bond acceptors (Lipinski definition) is 1. The summed E-state index contributed by atoms with van der Waals surface area (Å²) < 4.78 is 13.0. The second kappa shape index (κ2) is 3.87. The SMILES string of the molecule is CCc1cc(Cl)c(F)c(CO)c1. The number of hydrogen-bond donors (Lipinski definition) is 1. The zero-order valence-corrected chi connectivity index (χ0v) is 7.53. The average Bonchev–Trinajstić information content (AvgIpc) is 2.09. The van der Waals surface area contributed by atoms with Gasteiger partial charge in [0, 0.05) is 5.56 Å². The molecule has 66 valence electrons. The van der Waals surface area contributed by atoms with Gasteiger partial charge in [-0.25, -0.2) is 4.39 Å². The van der Waals surface area contributed by atoms with E-state index in [1.54, 1.807) is 12.1 Å². The maximum atomic E-state index is 13.0. The largest absolute Gasteiger partial charge is 0.392 e. The average molecular weight is 189 g/mol. The van der Waals surface area contributed by atoms with Gasteiger partial charge in [-0.15, -0.1) is 0 Å². The molecule has 3 heteroatoms. The molecule has 0 radical (unpaired) electrons. The van der Waals surface area contributed by atoms with E-state index in [1.165, 1.54) is 0 Å². The molecule has 1 N–H and O–H groups in total. The number of aliphatic hydroxyl groups is 1. The van der Waals surface area contributed by atoms with Crippen molar-refractivity contribution in [3.05, 3.63) is 34.1 Å². The molecule has 0 atom stereocenters. The summed E-state index contributed by atoms with van der Waals surface area (Å²) in [4.78, 5) is 0. The Bertz CT molecular complexity index is 286. The molecule has 0 aliphatic carbocycles. The molecule has 0 aliphatic rings. The van der Waals surface area contributed by atoms with E-state index >= 15 is 0 Å². The normalized spacial score (nSPS) is 10.3. The van der Waals surface area contributed by atoms with Crippen LogP contribution in [-0.2, 0) is 13.0 Å². The highest BCUT2D eigenvalue weighted by Gasteiger charge is 2.07.